The van der Waals surface area contributed by atoms with Gasteiger partial charge in [0.1, 0.15) is 23.1 Å². The monoisotopic (exact) mass is 578 g/mol. The van der Waals surface area contributed by atoms with Crippen LogP contribution in [0.5, 0.6) is 11.5 Å². The molecule has 9 heteroatoms. The Morgan fingerprint density at radius 1 is 0.902 bits per heavy atom. The van der Waals surface area contributed by atoms with Crippen molar-refractivity contribution in [2.24, 2.45) is 5.92 Å². The van der Waals surface area contributed by atoms with Crippen LogP contribution in [0.25, 0.3) is 0 Å². The van der Waals surface area contributed by atoms with E-state index in [9.17, 15) is 14.4 Å². The van der Waals surface area contributed by atoms with Gasteiger partial charge in [-0.2, -0.15) is 0 Å². The van der Waals surface area contributed by atoms with Gasteiger partial charge in [0, 0.05) is 4.88 Å². The summed E-state index contributed by atoms with van der Waals surface area (Å²) in [6.07, 6.45) is 2.62. The molecular formula is C32H38N2O6S. The molecule has 1 aliphatic rings. The zero-order valence-corrected chi connectivity index (χ0v) is 25.2. The summed E-state index contributed by atoms with van der Waals surface area (Å²) in [5, 5.41) is 6.26. The van der Waals surface area contributed by atoms with Crippen LogP contribution in [-0.2, 0) is 27.2 Å². The molecule has 8 nitrogen and oxygen atoms in total. The second-order valence-corrected chi connectivity index (χ2v) is 11.8. The van der Waals surface area contributed by atoms with Crippen molar-refractivity contribution in [3.8, 4) is 11.5 Å². The van der Waals surface area contributed by atoms with Gasteiger partial charge in [-0.25, -0.2) is 4.79 Å². The molecule has 1 atom stereocenters. The highest BCUT2D eigenvalue weighted by molar-refractivity contribution is 7.17. The van der Waals surface area contributed by atoms with Gasteiger partial charge in [-0.15, -0.1) is 11.3 Å². The number of nitrogens with one attached hydrogen (secondary N) is 2. The first-order valence-corrected chi connectivity index (χ1v) is 14.7. The minimum absolute atomic E-state index is 0.00964. The van der Waals surface area contributed by atoms with Crippen LogP contribution in [0, 0.1) is 33.6 Å². The summed E-state index contributed by atoms with van der Waals surface area (Å²) < 4.78 is 16.4. The molecule has 0 saturated heterocycles. The Hall–Kier alpha value is -3.85. The van der Waals surface area contributed by atoms with Crippen LogP contribution in [0.15, 0.2) is 36.4 Å². The molecule has 0 bridgehead atoms. The van der Waals surface area contributed by atoms with Crippen molar-refractivity contribution in [1.29, 1.82) is 0 Å². The molecular weight excluding hydrogens is 540 g/mol. The Kier molecular flexibility index (Phi) is 10.0. The molecule has 0 fully saturated rings. The highest BCUT2D eigenvalue weighted by Gasteiger charge is 2.28. The van der Waals surface area contributed by atoms with Gasteiger partial charge in [0.25, 0.3) is 11.8 Å². The Bertz CT molecular complexity index is 1430. The van der Waals surface area contributed by atoms with Gasteiger partial charge in [0.15, 0.2) is 13.2 Å². The van der Waals surface area contributed by atoms with Crippen LogP contribution >= 0.6 is 11.3 Å². The number of thiophene rings is 1. The first-order chi connectivity index (χ1) is 19.6. The molecule has 41 heavy (non-hydrogen) atoms. The Balaban J connectivity index is 1.31. The third-order valence-electron chi connectivity index (χ3n) is 7.33. The third-order valence-corrected chi connectivity index (χ3v) is 8.50. The van der Waals surface area contributed by atoms with E-state index >= 15 is 0 Å². The molecule has 0 radical (unpaired) electrons. The first kappa shape index (κ1) is 30.1. The number of esters is 1. The van der Waals surface area contributed by atoms with Crippen molar-refractivity contribution in [3.05, 3.63) is 74.7 Å². The summed E-state index contributed by atoms with van der Waals surface area (Å²) in [7, 11) is 0. The topological polar surface area (TPSA) is 103 Å². The van der Waals surface area contributed by atoms with E-state index in [4.69, 9.17) is 14.2 Å². The average Bonchev–Trinajstić information content (AvgIpc) is 3.29. The molecule has 0 aliphatic heterocycles. The van der Waals surface area contributed by atoms with Crippen LogP contribution < -0.4 is 20.1 Å². The quantitative estimate of drug-likeness (QED) is 0.231. The number of benzene rings is 2. The molecule has 1 unspecified atom stereocenters. The SMILES string of the molecule is Cc1ccc(OCC(=O)Nc2sc3c(c2C(=O)NCCOC(=O)COc2ccc(C)c(C)c2)CCC(C)C3)cc1C. The van der Waals surface area contributed by atoms with Crippen molar-refractivity contribution < 1.29 is 28.6 Å². The zero-order chi connectivity index (χ0) is 29.5. The fourth-order valence-electron chi connectivity index (χ4n) is 4.60. The van der Waals surface area contributed by atoms with E-state index in [0.717, 1.165) is 52.0 Å². The molecule has 2 aromatic carbocycles. The molecule has 2 N–H and O–H groups in total. The maximum absolute atomic E-state index is 13.3. The van der Waals surface area contributed by atoms with Crippen LogP contribution in [0.1, 0.15) is 56.4 Å². The van der Waals surface area contributed by atoms with Crippen molar-refractivity contribution in [2.45, 2.75) is 53.9 Å². The third kappa shape index (κ3) is 8.10. The summed E-state index contributed by atoms with van der Waals surface area (Å²) >= 11 is 1.45. The van der Waals surface area contributed by atoms with Gasteiger partial charge in [-0.05, 0) is 105 Å². The predicted molar refractivity (Wildman–Crippen MR) is 160 cm³/mol. The van der Waals surface area contributed by atoms with Gasteiger partial charge in [-0.1, -0.05) is 19.1 Å². The van der Waals surface area contributed by atoms with E-state index in [2.05, 4.69) is 17.6 Å². The molecule has 2 amide bonds. The lowest BCUT2D eigenvalue weighted by molar-refractivity contribution is -0.145. The Morgan fingerprint density at radius 3 is 2.17 bits per heavy atom. The van der Waals surface area contributed by atoms with Crippen LogP contribution in [-0.4, -0.2) is 44.1 Å². The number of rotatable bonds is 11. The summed E-state index contributed by atoms with van der Waals surface area (Å²) in [5.74, 6) is 0.583. The fraction of sp³-hybridized carbons (Fsp3) is 0.406. The smallest absolute Gasteiger partial charge is 0.344 e. The Labute approximate surface area is 245 Å². The molecule has 1 aromatic heterocycles. The van der Waals surface area contributed by atoms with Gasteiger partial charge < -0.3 is 24.8 Å². The van der Waals surface area contributed by atoms with E-state index in [0.29, 0.717) is 28.0 Å². The normalized spacial score (nSPS) is 14.1. The molecule has 3 aromatic rings. The average molecular weight is 579 g/mol. The minimum atomic E-state index is -0.517. The minimum Gasteiger partial charge on any atom is -0.484 e. The van der Waals surface area contributed by atoms with Gasteiger partial charge in [0.2, 0.25) is 0 Å². The summed E-state index contributed by atoms with van der Waals surface area (Å²) in [6.45, 7) is 9.95. The van der Waals surface area contributed by atoms with Gasteiger partial charge in [0.05, 0.1) is 12.1 Å². The maximum atomic E-state index is 13.3. The van der Waals surface area contributed by atoms with Crippen LogP contribution in [0.4, 0.5) is 5.00 Å². The molecule has 1 heterocycles. The summed E-state index contributed by atoms with van der Waals surface area (Å²) in [5.41, 5.74) is 5.92. The van der Waals surface area contributed by atoms with E-state index in [1.54, 1.807) is 0 Å². The highest BCUT2D eigenvalue weighted by atomic mass is 32.1. The number of aryl methyl sites for hydroxylation is 4. The fourth-order valence-corrected chi connectivity index (χ4v) is 6.02. The lowest BCUT2D eigenvalue weighted by Gasteiger charge is -2.18. The number of anilines is 1. The van der Waals surface area contributed by atoms with Crippen LogP contribution in [0.3, 0.4) is 0 Å². The second-order valence-electron chi connectivity index (χ2n) is 10.6. The van der Waals surface area contributed by atoms with E-state index in [1.807, 2.05) is 64.1 Å². The van der Waals surface area contributed by atoms with Crippen LogP contribution in [0.2, 0.25) is 0 Å². The van der Waals surface area contributed by atoms with E-state index < -0.39 is 5.97 Å². The lowest BCUT2D eigenvalue weighted by atomic mass is 9.88. The zero-order valence-electron chi connectivity index (χ0n) is 24.3. The largest absolute Gasteiger partial charge is 0.484 e. The number of fused-ring (bicyclic) bond motifs is 1. The number of ether oxygens (including phenoxy) is 3. The Morgan fingerprint density at radius 2 is 1.54 bits per heavy atom. The number of hydrogen-bond acceptors (Lipinski definition) is 7. The molecule has 0 saturated carbocycles. The highest BCUT2D eigenvalue weighted by Crippen LogP contribution is 2.39. The predicted octanol–water partition coefficient (Wildman–Crippen LogP) is 5.48. The van der Waals surface area contributed by atoms with Crippen molar-refractivity contribution in [1.82, 2.24) is 5.32 Å². The van der Waals surface area contributed by atoms with Crippen molar-refractivity contribution in [2.75, 3.05) is 31.7 Å². The van der Waals surface area contributed by atoms with E-state index in [-0.39, 0.29) is 38.2 Å². The number of carbonyl (C=O) groups is 3. The summed E-state index contributed by atoms with van der Waals surface area (Å²) in [6, 6.07) is 11.3. The lowest BCUT2D eigenvalue weighted by Crippen LogP contribution is -2.30. The summed E-state index contributed by atoms with van der Waals surface area (Å²) in [4.78, 5) is 39.3. The number of hydrogen-bond donors (Lipinski definition) is 2. The molecule has 218 valence electrons. The standard InChI is InChI=1S/C32H38N2O6S/c1-19-6-11-26-27(14-19)41-32(34-28(35)17-39-24-9-7-20(2)22(4)15-24)30(26)31(37)33-12-13-38-29(36)18-40-25-10-8-21(3)23(5)16-25/h7-10,15-16,19H,6,11-14,17-18H2,1-5H3,(H,33,37)(H,34,35). The van der Waals surface area contributed by atoms with E-state index in [1.165, 1.54) is 11.3 Å². The second kappa shape index (κ2) is 13.7. The number of amides is 2. The van der Waals surface area contributed by atoms with Gasteiger partial charge >= 0.3 is 5.97 Å². The number of carbonyl (C=O) groups excluding carboxylic acids is 3. The maximum Gasteiger partial charge on any atom is 0.344 e. The molecule has 1 aliphatic carbocycles. The van der Waals surface area contributed by atoms with Gasteiger partial charge in [-0.3, -0.25) is 9.59 Å². The molecule has 0 spiro atoms. The van der Waals surface area contributed by atoms with Crippen molar-refractivity contribution >= 4 is 34.1 Å². The first-order valence-electron chi connectivity index (χ1n) is 13.9. The molecule has 4 rings (SSSR count). The van der Waals surface area contributed by atoms with Crippen molar-refractivity contribution in [3.63, 3.8) is 0 Å².